The molecule has 0 aliphatic rings. The largest absolute Gasteiger partial charge is 0.314 e. The van der Waals surface area contributed by atoms with Gasteiger partial charge in [-0.2, -0.15) is 0 Å². The number of rotatable bonds is 12. The minimum absolute atomic E-state index is 0.776. The van der Waals surface area contributed by atoms with Gasteiger partial charge in [-0.25, -0.2) is 0 Å². The Kier molecular flexibility index (Phi) is 13.0. The molecule has 0 aromatic heterocycles. The molecule has 0 radical (unpaired) electrons. The molecule has 0 spiro atoms. The molecule has 1 heteroatoms. The van der Waals surface area contributed by atoms with Crippen molar-refractivity contribution in [3.8, 4) is 0 Å². The van der Waals surface area contributed by atoms with E-state index >= 15 is 0 Å². The van der Waals surface area contributed by atoms with Crippen molar-refractivity contribution in [3.63, 3.8) is 0 Å². The normalized spacial score (nSPS) is 12.9. The van der Waals surface area contributed by atoms with Crippen LogP contribution in [-0.4, -0.2) is 12.6 Å². The molecule has 0 aromatic rings. The summed E-state index contributed by atoms with van der Waals surface area (Å²) in [6.45, 7) is 8.06. The number of nitrogens with one attached hydrogen (secondary N) is 1. The first-order valence-corrected chi connectivity index (χ1v) is 7.58. The van der Waals surface area contributed by atoms with Crippen molar-refractivity contribution in [2.24, 2.45) is 0 Å². The zero-order valence-electron chi connectivity index (χ0n) is 11.9. The summed E-state index contributed by atoms with van der Waals surface area (Å²) in [4.78, 5) is 0. The standard InChI is InChI=1S/C15H33N/c1-4-7-9-10-11-12-13-15(6-3)16-14-8-5-2/h15-16H,4-14H2,1-3H3. The van der Waals surface area contributed by atoms with Crippen LogP contribution in [0.5, 0.6) is 0 Å². The van der Waals surface area contributed by atoms with Crippen molar-refractivity contribution in [2.75, 3.05) is 6.54 Å². The maximum absolute atomic E-state index is 3.67. The molecular formula is C15H33N. The SMILES string of the molecule is CCCCCCCCC(CC)NCCCC. The van der Waals surface area contributed by atoms with E-state index in [1.165, 1.54) is 70.8 Å². The van der Waals surface area contributed by atoms with Gasteiger partial charge in [0.05, 0.1) is 0 Å². The molecule has 0 aliphatic carbocycles. The maximum Gasteiger partial charge on any atom is 0.00644 e. The topological polar surface area (TPSA) is 12.0 Å². The highest BCUT2D eigenvalue weighted by Crippen LogP contribution is 2.10. The smallest absolute Gasteiger partial charge is 0.00644 e. The molecule has 0 amide bonds. The van der Waals surface area contributed by atoms with E-state index in [1.54, 1.807) is 0 Å². The van der Waals surface area contributed by atoms with Gasteiger partial charge in [0.25, 0.3) is 0 Å². The van der Waals surface area contributed by atoms with Crippen LogP contribution in [-0.2, 0) is 0 Å². The Hall–Kier alpha value is -0.0400. The van der Waals surface area contributed by atoms with Crippen molar-refractivity contribution in [1.29, 1.82) is 0 Å². The lowest BCUT2D eigenvalue weighted by Crippen LogP contribution is -2.29. The Morgan fingerprint density at radius 3 is 2.00 bits per heavy atom. The lowest BCUT2D eigenvalue weighted by Gasteiger charge is -2.16. The molecule has 0 saturated carbocycles. The van der Waals surface area contributed by atoms with Crippen LogP contribution in [0.3, 0.4) is 0 Å². The maximum atomic E-state index is 3.67. The van der Waals surface area contributed by atoms with E-state index in [4.69, 9.17) is 0 Å². The Morgan fingerprint density at radius 2 is 1.38 bits per heavy atom. The summed E-state index contributed by atoms with van der Waals surface area (Å²) in [6, 6.07) is 0.776. The second-order valence-corrected chi connectivity index (χ2v) is 4.97. The Morgan fingerprint density at radius 1 is 0.750 bits per heavy atom. The third-order valence-electron chi connectivity index (χ3n) is 3.36. The number of hydrogen-bond acceptors (Lipinski definition) is 1. The van der Waals surface area contributed by atoms with Gasteiger partial charge < -0.3 is 5.32 Å². The summed E-state index contributed by atoms with van der Waals surface area (Å²) < 4.78 is 0. The minimum atomic E-state index is 0.776. The van der Waals surface area contributed by atoms with Crippen molar-refractivity contribution >= 4 is 0 Å². The van der Waals surface area contributed by atoms with E-state index in [2.05, 4.69) is 26.1 Å². The molecule has 0 bridgehead atoms. The summed E-state index contributed by atoms with van der Waals surface area (Å²) in [5.41, 5.74) is 0. The van der Waals surface area contributed by atoms with Gasteiger partial charge in [0.1, 0.15) is 0 Å². The predicted molar refractivity (Wildman–Crippen MR) is 75.0 cm³/mol. The van der Waals surface area contributed by atoms with Gasteiger partial charge >= 0.3 is 0 Å². The third kappa shape index (κ3) is 10.5. The van der Waals surface area contributed by atoms with E-state index in [0.717, 1.165) is 6.04 Å². The Labute approximate surface area is 103 Å². The number of hydrogen-bond donors (Lipinski definition) is 1. The van der Waals surface area contributed by atoms with Gasteiger partial charge in [0.2, 0.25) is 0 Å². The van der Waals surface area contributed by atoms with Gasteiger partial charge in [-0.1, -0.05) is 65.7 Å². The van der Waals surface area contributed by atoms with E-state index in [-0.39, 0.29) is 0 Å². The fraction of sp³-hybridized carbons (Fsp3) is 1.00. The third-order valence-corrected chi connectivity index (χ3v) is 3.36. The summed E-state index contributed by atoms with van der Waals surface area (Å²) in [6.07, 6.45) is 13.8. The molecule has 0 rings (SSSR count). The zero-order valence-corrected chi connectivity index (χ0v) is 11.9. The lowest BCUT2D eigenvalue weighted by molar-refractivity contribution is 0.438. The summed E-state index contributed by atoms with van der Waals surface area (Å²) in [5.74, 6) is 0. The Balaban J connectivity index is 3.26. The molecular weight excluding hydrogens is 194 g/mol. The van der Waals surface area contributed by atoms with Gasteiger partial charge in [-0.15, -0.1) is 0 Å². The molecule has 0 saturated heterocycles. The van der Waals surface area contributed by atoms with Crippen LogP contribution in [0, 0.1) is 0 Å². The van der Waals surface area contributed by atoms with Crippen LogP contribution in [0.25, 0.3) is 0 Å². The van der Waals surface area contributed by atoms with Gasteiger partial charge in [0, 0.05) is 6.04 Å². The van der Waals surface area contributed by atoms with Crippen LogP contribution in [0.2, 0.25) is 0 Å². The second kappa shape index (κ2) is 13.0. The van der Waals surface area contributed by atoms with Crippen molar-refractivity contribution in [2.45, 2.75) is 91.0 Å². The predicted octanol–water partition coefficient (Wildman–Crippen LogP) is 4.91. The van der Waals surface area contributed by atoms with Crippen LogP contribution < -0.4 is 5.32 Å². The minimum Gasteiger partial charge on any atom is -0.314 e. The summed E-state index contributed by atoms with van der Waals surface area (Å²) in [5, 5.41) is 3.67. The molecule has 1 N–H and O–H groups in total. The molecule has 0 aromatic carbocycles. The zero-order chi connectivity index (χ0) is 12.1. The summed E-state index contributed by atoms with van der Waals surface area (Å²) in [7, 11) is 0. The highest BCUT2D eigenvalue weighted by Gasteiger charge is 2.03. The lowest BCUT2D eigenvalue weighted by atomic mass is 10.0. The van der Waals surface area contributed by atoms with Gasteiger partial charge in [-0.3, -0.25) is 0 Å². The molecule has 1 atom stereocenters. The average molecular weight is 227 g/mol. The molecule has 16 heavy (non-hydrogen) atoms. The van der Waals surface area contributed by atoms with Gasteiger partial charge in [-0.05, 0) is 25.8 Å². The van der Waals surface area contributed by atoms with Crippen LogP contribution in [0.1, 0.15) is 85.0 Å². The van der Waals surface area contributed by atoms with Crippen LogP contribution >= 0.6 is 0 Å². The molecule has 0 fully saturated rings. The van der Waals surface area contributed by atoms with E-state index in [0.29, 0.717) is 0 Å². The first-order chi connectivity index (χ1) is 7.85. The first kappa shape index (κ1) is 16.0. The second-order valence-electron chi connectivity index (χ2n) is 4.97. The van der Waals surface area contributed by atoms with Crippen LogP contribution in [0.15, 0.2) is 0 Å². The number of unbranched alkanes of at least 4 members (excludes halogenated alkanes) is 6. The monoisotopic (exact) mass is 227 g/mol. The quantitative estimate of drug-likeness (QED) is 0.467. The molecule has 1 nitrogen and oxygen atoms in total. The van der Waals surface area contributed by atoms with E-state index in [1.807, 2.05) is 0 Å². The first-order valence-electron chi connectivity index (χ1n) is 7.58. The van der Waals surface area contributed by atoms with Crippen molar-refractivity contribution in [1.82, 2.24) is 5.32 Å². The van der Waals surface area contributed by atoms with Crippen molar-refractivity contribution in [3.05, 3.63) is 0 Å². The molecule has 98 valence electrons. The fourth-order valence-electron chi connectivity index (χ4n) is 2.10. The highest BCUT2D eigenvalue weighted by atomic mass is 14.9. The van der Waals surface area contributed by atoms with E-state index < -0.39 is 0 Å². The van der Waals surface area contributed by atoms with E-state index in [9.17, 15) is 0 Å². The fourth-order valence-corrected chi connectivity index (χ4v) is 2.10. The Bertz CT molecular complexity index is 123. The molecule has 0 heterocycles. The average Bonchev–Trinajstić information content (AvgIpc) is 2.31. The van der Waals surface area contributed by atoms with Crippen molar-refractivity contribution < 1.29 is 0 Å². The molecule has 1 unspecified atom stereocenters. The van der Waals surface area contributed by atoms with Crippen LogP contribution in [0.4, 0.5) is 0 Å². The highest BCUT2D eigenvalue weighted by molar-refractivity contribution is 4.64. The van der Waals surface area contributed by atoms with Gasteiger partial charge in [0.15, 0.2) is 0 Å². The summed E-state index contributed by atoms with van der Waals surface area (Å²) >= 11 is 0. The molecule has 0 aliphatic heterocycles.